The Hall–Kier alpha value is -5.78. The zero-order chi connectivity index (χ0) is 45.7. The highest BCUT2D eigenvalue weighted by Crippen LogP contribution is 2.55. The molecule has 9 rings (SSSR count). The smallest absolute Gasteiger partial charge is 0.407 e. The second-order valence-electron chi connectivity index (χ2n) is 18.7. The van der Waals surface area contributed by atoms with Crippen molar-refractivity contribution in [2.24, 2.45) is 17.8 Å². The number of fused-ring (bicyclic) bond motifs is 5. The van der Waals surface area contributed by atoms with Crippen LogP contribution in [-0.2, 0) is 28.5 Å². The highest BCUT2D eigenvalue weighted by Gasteiger charge is 2.53. The van der Waals surface area contributed by atoms with Gasteiger partial charge in [-0.3, -0.25) is 9.59 Å². The fraction of sp³-hybridized carbons (Fsp3) is 0.542. The van der Waals surface area contributed by atoms with Crippen molar-refractivity contribution in [3.05, 3.63) is 71.6 Å². The van der Waals surface area contributed by atoms with Gasteiger partial charge in [-0.15, -0.1) is 0 Å². The van der Waals surface area contributed by atoms with Crippen molar-refractivity contribution in [1.29, 1.82) is 0 Å². The minimum Gasteiger partial charge on any atom is -0.453 e. The van der Waals surface area contributed by atoms with Gasteiger partial charge in [-0.25, -0.2) is 19.6 Å². The van der Waals surface area contributed by atoms with Crippen molar-refractivity contribution in [3.63, 3.8) is 0 Å². The summed E-state index contributed by atoms with van der Waals surface area (Å²) < 4.78 is 21.8. The Morgan fingerprint density at radius 1 is 0.785 bits per heavy atom. The van der Waals surface area contributed by atoms with Crippen LogP contribution >= 0.6 is 0 Å². The summed E-state index contributed by atoms with van der Waals surface area (Å²) in [5.74, 6) is 0.211. The number of aromatic amines is 2. The number of imidazole rings is 2. The quantitative estimate of drug-likeness (QED) is 0.101. The van der Waals surface area contributed by atoms with Crippen molar-refractivity contribution in [2.75, 3.05) is 40.5 Å². The Balaban J connectivity index is 0.976. The van der Waals surface area contributed by atoms with Gasteiger partial charge in [0.2, 0.25) is 11.8 Å². The summed E-state index contributed by atoms with van der Waals surface area (Å²) in [5, 5.41) is 9.40. The Morgan fingerprint density at radius 3 is 2.00 bits per heavy atom. The number of H-pyrrole nitrogens is 2. The highest BCUT2D eigenvalue weighted by atomic mass is 16.7. The van der Waals surface area contributed by atoms with Crippen molar-refractivity contribution in [3.8, 4) is 33.6 Å². The molecule has 0 saturated carbocycles. The van der Waals surface area contributed by atoms with Gasteiger partial charge in [0, 0.05) is 30.6 Å². The third-order valence-electron chi connectivity index (χ3n) is 14.2. The molecule has 4 fully saturated rings. The number of nitrogens with zero attached hydrogens (tertiary/aromatic N) is 4. The van der Waals surface area contributed by atoms with E-state index >= 15 is 0 Å². The van der Waals surface area contributed by atoms with Gasteiger partial charge in [0.15, 0.2) is 5.79 Å². The van der Waals surface area contributed by atoms with E-state index in [-0.39, 0.29) is 48.3 Å². The molecule has 2 aromatic heterocycles. The predicted molar refractivity (Wildman–Crippen MR) is 240 cm³/mol. The first kappa shape index (κ1) is 44.4. The first-order chi connectivity index (χ1) is 31.3. The van der Waals surface area contributed by atoms with Gasteiger partial charge < -0.3 is 54.7 Å². The average Bonchev–Trinajstić information content (AvgIpc) is 4.18. The molecule has 5 N–H and O–H groups in total. The monoisotopic (exact) mass is 891 g/mol. The maximum absolute atomic E-state index is 14.1. The van der Waals surface area contributed by atoms with Crippen molar-refractivity contribution in [1.82, 2.24) is 45.7 Å². The van der Waals surface area contributed by atoms with Crippen LogP contribution in [0.2, 0.25) is 0 Å². The molecule has 2 bridgehead atoms. The molecule has 17 nitrogen and oxygen atoms in total. The zero-order valence-electron chi connectivity index (χ0n) is 38.2. The Morgan fingerprint density at radius 2 is 1.37 bits per heavy atom. The van der Waals surface area contributed by atoms with Gasteiger partial charge in [-0.2, -0.15) is 0 Å². The maximum atomic E-state index is 14.1. The van der Waals surface area contributed by atoms with Gasteiger partial charge in [0.05, 0.1) is 69.8 Å². The summed E-state index contributed by atoms with van der Waals surface area (Å²) in [6.07, 6.45) is 6.55. The summed E-state index contributed by atoms with van der Waals surface area (Å²) in [6, 6.07) is 11.1. The maximum Gasteiger partial charge on any atom is 0.407 e. The standard InChI is InChI=1S/C48H61N9O8/c1-8-27-20-32-37-30(15-16-31(38(37)41(27)51-32)34-23-50-42(53-34)35-10-9-17-56(35)44(58)39(25(2)3)54-46(60)62-6)28-11-13-29(14-12-28)33-22-49-43(52-33)36-21-48(64-18-19-65-48)24-57(36)45(59)40(26(4)5)55-47(61)63-7/h11-16,22-23,25-27,32,35-36,39-41,51H,8-10,17-21,24H2,1-7H3,(H,49,52)(H,50,53)(H,54,60)(H,55,61). The number of hydrogen-bond acceptors (Lipinski definition) is 11. The van der Waals surface area contributed by atoms with Crippen LogP contribution in [-0.4, -0.2) is 112 Å². The molecule has 2 aromatic carbocycles. The number of nitrogens with one attached hydrogen (secondary N) is 5. The lowest BCUT2D eigenvalue weighted by molar-refractivity contribution is -0.153. The third-order valence-corrected chi connectivity index (χ3v) is 14.2. The number of alkyl carbamates (subject to hydrolysis) is 2. The lowest BCUT2D eigenvalue weighted by Crippen LogP contribution is -2.52. The average molecular weight is 892 g/mol. The van der Waals surface area contributed by atoms with Gasteiger partial charge in [-0.05, 0) is 64.8 Å². The number of carbonyl (C=O) groups is 4. The molecule has 17 heteroatoms. The Labute approximate surface area is 379 Å². The molecule has 5 aliphatic heterocycles. The molecule has 4 saturated heterocycles. The molecule has 0 radical (unpaired) electrons. The van der Waals surface area contributed by atoms with E-state index in [2.05, 4.69) is 69.2 Å². The molecule has 1 spiro atoms. The van der Waals surface area contributed by atoms with Crippen molar-refractivity contribution in [2.45, 2.75) is 109 Å². The van der Waals surface area contributed by atoms with E-state index in [1.807, 2.05) is 38.8 Å². The lowest BCUT2D eigenvalue weighted by Gasteiger charge is -2.30. The van der Waals surface area contributed by atoms with Crippen LogP contribution in [0.3, 0.4) is 0 Å². The predicted octanol–water partition coefficient (Wildman–Crippen LogP) is 6.69. The first-order valence-electron chi connectivity index (χ1n) is 23.0. The number of amides is 4. The van der Waals surface area contributed by atoms with Gasteiger partial charge in [0.1, 0.15) is 23.7 Å². The van der Waals surface area contributed by atoms with Crippen LogP contribution in [0.5, 0.6) is 0 Å². The number of benzene rings is 2. The minimum atomic E-state index is -0.941. The number of likely N-dealkylation sites (tertiary alicyclic amines) is 2. The summed E-state index contributed by atoms with van der Waals surface area (Å²) >= 11 is 0. The molecular formula is C48H61N9O8. The van der Waals surface area contributed by atoms with E-state index in [0.29, 0.717) is 37.9 Å². The molecule has 4 aromatic rings. The molecule has 0 aliphatic carbocycles. The molecule has 7 atom stereocenters. The topological polar surface area (TPSA) is 205 Å². The fourth-order valence-corrected chi connectivity index (χ4v) is 10.8. The zero-order valence-corrected chi connectivity index (χ0v) is 38.2. The molecule has 4 amide bonds. The van der Waals surface area contributed by atoms with Gasteiger partial charge in [-0.1, -0.05) is 77.4 Å². The Bertz CT molecular complexity index is 2420. The molecule has 65 heavy (non-hydrogen) atoms. The molecule has 7 unspecified atom stereocenters. The van der Waals surface area contributed by atoms with E-state index in [4.69, 9.17) is 28.9 Å². The summed E-state index contributed by atoms with van der Waals surface area (Å²) in [6.45, 7) is 11.5. The lowest BCUT2D eigenvalue weighted by atomic mass is 9.77. The van der Waals surface area contributed by atoms with Crippen LogP contribution in [0, 0.1) is 17.8 Å². The van der Waals surface area contributed by atoms with E-state index in [1.165, 1.54) is 30.9 Å². The third kappa shape index (κ3) is 8.15. The van der Waals surface area contributed by atoms with Crippen LogP contribution in [0.1, 0.15) is 114 Å². The van der Waals surface area contributed by atoms with E-state index in [1.54, 1.807) is 11.1 Å². The summed E-state index contributed by atoms with van der Waals surface area (Å²) in [4.78, 5) is 72.7. The molecule has 7 heterocycles. The minimum absolute atomic E-state index is 0.120. The highest BCUT2D eigenvalue weighted by molar-refractivity contribution is 5.87. The largest absolute Gasteiger partial charge is 0.453 e. The second kappa shape index (κ2) is 17.9. The molecular weight excluding hydrogens is 831 g/mol. The second-order valence-corrected chi connectivity index (χ2v) is 18.7. The van der Waals surface area contributed by atoms with Crippen LogP contribution in [0.25, 0.3) is 33.6 Å². The number of rotatable bonds is 12. The summed E-state index contributed by atoms with van der Waals surface area (Å²) in [5.41, 5.74) is 8.69. The number of carbonyl (C=O) groups excluding carboxylic acids is 4. The number of methoxy groups -OCH3 is 2. The van der Waals surface area contributed by atoms with Crippen LogP contribution in [0.4, 0.5) is 9.59 Å². The number of hydrogen-bond donors (Lipinski definition) is 5. The van der Waals surface area contributed by atoms with Gasteiger partial charge in [0.25, 0.3) is 0 Å². The van der Waals surface area contributed by atoms with Crippen LogP contribution < -0.4 is 16.0 Å². The Kier molecular flexibility index (Phi) is 12.2. The van der Waals surface area contributed by atoms with Crippen molar-refractivity contribution < 1.29 is 38.1 Å². The van der Waals surface area contributed by atoms with E-state index < -0.39 is 36.1 Å². The van der Waals surface area contributed by atoms with E-state index in [0.717, 1.165) is 59.6 Å². The van der Waals surface area contributed by atoms with Gasteiger partial charge >= 0.3 is 12.2 Å². The summed E-state index contributed by atoms with van der Waals surface area (Å²) in [7, 11) is 2.58. The SMILES string of the molecule is CCC1CC2NC1c1c(-c3cnc(C4CCCN4C(=O)C(NC(=O)OC)C(C)C)[nH]3)ccc(-c3ccc(-c4cnc(C5CC6(CN5C(=O)C(NC(=O)OC)C(C)C)OCCO6)[nH]4)cc3)c12. The number of ether oxygens (including phenoxy) is 4. The molecule has 346 valence electrons. The fourth-order valence-electron chi connectivity index (χ4n) is 10.8. The molecule has 5 aliphatic rings. The van der Waals surface area contributed by atoms with Crippen LogP contribution in [0.15, 0.2) is 48.8 Å². The first-order valence-corrected chi connectivity index (χ1v) is 23.0. The van der Waals surface area contributed by atoms with Crippen molar-refractivity contribution >= 4 is 24.0 Å². The van der Waals surface area contributed by atoms with E-state index in [9.17, 15) is 19.2 Å². The number of aromatic nitrogens is 4. The normalized spacial score (nSPS) is 23.9.